The Morgan fingerprint density at radius 1 is 1.03 bits per heavy atom. The highest BCUT2D eigenvalue weighted by Crippen LogP contribution is 2.41. The summed E-state index contributed by atoms with van der Waals surface area (Å²) < 4.78 is 5.86. The SMILES string of the molecule is CCCCC(C)(CCCC)Nc1cc(Oc2c(Cl)cc(Cl)cc2Cl)ccc1[N+](=O)[O-]. The van der Waals surface area contributed by atoms with Crippen LogP contribution >= 0.6 is 34.8 Å². The third-order valence-electron chi connectivity index (χ3n) is 4.95. The van der Waals surface area contributed by atoms with Gasteiger partial charge in [0.25, 0.3) is 5.69 Å². The van der Waals surface area contributed by atoms with Gasteiger partial charge < -0.3 is 10.1 Å². The molecule has 30 heavy (non-hydrogen) atoms. The van der Waals surface area contributed by atoms with Crippen molar-refractivity contribution in [1.82, 2.24) is 0 Å². The van der Waals surface area contributed by atoms with Gasteiger partial charge in [-0.1, -0.05) is 74.3 Å². The van der Waals surface area contributed by atoms with Gasteiger partial charge in [-0.3, -0.25) is 10.1 Å². The zero-order valence-electron chi connectivity index (χ0n) is 17.4. The molecule has 0 heterocycles. The lowest BCUT2D eigenvalue weighted by atomic mass is 9.88. The van der Waals surface area contributed by atoms with Gasteiger partial charge >= 0.3 is 0 Å². The molecular formula is C22H27Cl3N2O3. The molecule has 8 heteroatoms. The van der Waals surface area contributed by atoms with Gasteiger partial charge in [0.2, 0.25) is 0 Å². The van der Waals surface area contributed by atoms with Gasteiger partial charge in [0.05, 0.1) is 15.0 Å². The molecule has 0 radical (unpaired) electrons. The van der Waals surface area contributed by atoms with E-state index in [4.69, 9.17) is 39.5 Å². The maximum atomic E-state index is 11.6. The second-order valence-corrected chi connectivity index (χ2v) is 8.88. The minimum Gasteiger partial charge on any atom is -0.454 e. The topological polar surface area (TPSA) is 64.4 Å². The molecule has 164 valence electrons. The summed E-state index contributed by atoms with van der Waals surface area (Å²) in [6.45, 7) is 6.38. The Hall–Kier alpha value is -1.69. The van der Waals surface area contributed by atoms with Crippen molar-refractivity contribution in [1.29, 1.82) is 0 Å². The Labute approximate surface area is 192 Å². The van der Waals surface area contributed by atoms with Gasteiger partial charge in [-0.2, -0.15) is 0 Å². The lowest BCUT2D eigenvalue weighted by Crippen LogP contribution is -2.35. The van der Waals surface area contributed by atoms with Crippen molar-refractivity contribution < 1.29 is 9.66 Å². The molecule has 0 atom stereocenters. The number of hydrogen-bond donors (Lipinski definition) is 1. The minimum atomic E-state index is -0.394. The van der Waals surface area contributed by atoms with Crippen LogP contribution in [0.2, 0.25) is 15.1 Å². The molecule has 0 fully saturated rings. The van der Waals surface area contributed by atoms with Crippen LogP contribution in [0, 0.1) is 10.1 Å². The number of nitrogens with zero attached hydrogens (tertiary/aromatic N) is 1. The zero-order chi connectivity index (χ0) is 22.3. The molecule has 0 spiro atoms. The highest BCUT2D eigenvalue weighted by Gasteiger charge is 2.27. The van der Waals surface area contributed by atoms with E-state index in [1.807, 2.05) is 0 Å². The molecule has 5 nitrogen and oxygen atoms in total. The molecule has 2 aromatic rings. The van der Waals surface area contributed by atoms with E-state index in [0.717, 1.165) is 38.5 Å². The first kappa shape index (κ1) is 24.6. The predicted molar refractivity (Wildman–Crippen MR) is 126 cm³/mol. The fraction of sp³-hybridized carbons (Fsp3) is 0.455. The number of rotatable bonds is 11. The Morgan fingerprint density at radius 2 is 1.60 bits per heavy atom. The van der Waals surface area contributed by atoms with Crippen LogP contribution in [-0.4, -0.2) is 10.5 Å². The van der Waals surface area contributed by atoms with E-state index in [-0.39, 0.29) is 27.0 Å². The normalized spacial score (nSPS) is 11.4. The largest absolute Gasteiger partial charge is 0.454 e. The summed E-state index contributed by atoms with van der Waals surface area (Å²) in [5.74, 6) is 0.643. The van der Waals surface area contributed by atoms with Crippen LogP contribution in [0.1, 0.15) is 59.3 Å². The standard InChI is InChI=1S/C22H27Cl3N2O3/c1-4-6-10-22(3,11-7-5-2)26-19-14-16(8-9-20(19)27(28)29)30-21-17(24)12-15(23)13-18(21)25/h8-9,12-14,26H,4-7,10-11H2,1-3H3. The van der Waals surface area contributed by atoms with E-state index in [2.05, 4.69) is 26.1 Å². The summed E-state index contributed by atoms with van der Waals surface area (Å²) in [7, 11) is 0. The number of ether oxygens (including phenoxy) is 1. The molecule has 0 saturated carbocycles. The van der Waals surface area contributed by atoms with E-state index in [1.54, 1.807) is 6.07 Å². The van der Waals surface area contributed by atoms with Crippen molar-refractivity contribution in [2.75, 3.05) is 5.32 Å². The summed E-state index contributed by atoms with van der Waals surface area (Å²) in [6, 6.07) is 7.63. The highest BCUT2D eigenvalue weighted by molar-refractivity contribution is 6.40. The zero-order valence-corrected chi connectivity index (χ0v) is 19.7. The van der Waals surface area contributed by atoms with Gasteiger partial charge in [0, 0.05) is 22.7 Å². The van der Waals surface area contributed by atoms with Crippen molar-refractivity contribution in [3.8, 4) is 11.5 Å². The molecule has 2 rings (SSSR count). The Balaban J connectivity index is 2.39. The monoisotopic (exact) mass is 472 g/mol. The van der Waals surface area contributed by atoms with Gasteiger partial charge in [0.1, 0.15) is 11.4 Å². The average molecular weight is 474 g/mol. The Kier molecular flexibility index (Phi) is 9.08. The van der Waals surface area contributed by atoms with Gasteiger partial charge in [-0.05, 0) is 38.0 Å². The second-order valence-electron chi connectivity index (χ2n) is 7.63. The molecule has 0 bridgehead atoms. The summed E-state index contributed by atoms with van der Waals surface area (Å²) in [5.41, 5.74) is 0.147. The maximum Gasteiger partial charge on any atom is 0.292 e. The number of halogens is 3. The van der Waals surface area contributed by atoms with Crippen LogP contribution in [0.3, 0.4) is 0 Å². The number of benzene rings is 2. The molecule has 0 amide bonds. The number of nitro benzene ring substituents is 1. The smallest absolute Gasteiger partial charge is 0.292 e. The first-order chi connectivity index (χ1) is 14.2. The number of nitrogens with one attached hydrogen (secondary N) is 1. The van der Waals surface area contributed by atoms with Crippen LogP contribution in [0.25, 0.3) is 0 Å². The number of nitro groups is 1. The van der Waals surface area contributed by atoms with Gasteiger partial charge in [-0.15, -0.1) is 0 Å². The van der Waals surface area contributed by atoms with Gasteiger partial charge in [-0.25, -0.2) is 0 Å². The van der Waals surface area contributed by atoms with E-state index >= 15 is 0 Å². The molecule has 0 aliphatic carbocycles. The minimum absolute atomic E-state index is 0.00475. The molecule has 1 N–H and O–H groups in total. The van der Waals surface area contributed by atoms with Crippen LogP contribution in [0.4, 0.5) is 11.4 Å². The van der Waals surface area contributed by atoms with Crippen LogP contribution < -0.4 is 10.1 Å². The Morgan fingerprint density at radius 3 is 2.10 bits per heavy atom. The molecule has 0 aromatic heterocycles. The fourth-order valence-corrected chi connectivity index (χ4v) is 4.19. The van der Waals surface area contributed by atoms with Crippen molar-refractivity contribution in [2.45, 2.75) is 64.8 Å². The Bertz CT molecular complexity index is 859. The molecule has 0 aliphatic rings. The number of hydrogen-bond acceptors (Lipinski definition) is 4. The second kappa shape index (κ2) is 11.1. The first-order valence-corrected chi connectivity index (χ1v) is 11.2. The van der Waals surface area contributed by atoms with Crippen molar-refractivity contribution >= 4 is 46.2 Å². The summed E-state index contributed by atoms with van der Waals surface area (Å²) >= 11 is 18.4. The third-order valence-corrected chi connectivity index (χ3v) is 5.73. The predicted octanol–water partition coefficient (Wildman–Crippen LogP) is 8.90. The van der Waals surface area contributed by atoms with E-state index in [1.165, 1.54) is 24.3 Å². The van der Waals surface area contributed by atoms with Crippen LogP contribution in [0.15, 0.2) is 30.3 Å². The molecule has 0 unspecified atom stereocenters. The lowest BCUT2D eigenvalue weighted by molar-refractivity contribution is -0.384. The average Bonchev–Trinajstić information content (AvgIpc) is 2.67. The van der Waals surface area contributed by atoms with Crippen LogP contribution in [-0.2, 0) is 0 Å². The van der Waals surface area contributed by atoms with E-state index < -0.39 is 4.92 Å². The number of unbranched alkanes of at least 4 members (excludes halogenated alkanes) is 2. The van der Waals surface area contributed by atoms with Gasteiger partial charge in [0.15, 0.2) is 5.75 Å². The maximum absolute atomic E-state index is 11.6. The number of anilines is 1. The third kappa shape index (κ3) is 6.66. The summed E-state index contributed by atoms with van der Waals surface area (Å²) in [5, 5.41) is 16.0. The van der Waals surface area contributed by atoms with Crippen molar-refractivity contribution in [3.63, 3.8) is 0 Å². The fourth-order valence-electron chi connectivity index (χ4n) is 3.29. The lowest BCUT2D eigenvalue weighted by Gasteiger charge is -2.32. The molecule has 2 aromatic carbocycles. The summed E-state index contributed by atoms with van der Waals surface area (Å²) in [4.78, 5) is 11.2. The van der Waals surface area contributed by atoms with E-state index in [9.17, 15) is 10.1 Å². The van der Waals surface area contributed by atoms with Crippen molar-refractivity contribution in [3.05, 3.63) is 55.5 Å². The molecule has 0 aliphatic heterocycles. The molecular weight excluding hydrogens is 447 g/mol. The highest BCUT2D eigenvalue weighted by atomic mass is 35.5. The summed E-state index contributed by atoms with van der Waals surface area (Å²) in [6.07, 6.45) is 6.02. The van der Waals surface area contributed by atoms with E-state index in [0.29, 0.717) is 16.5 Å². The van der Waals surface area contributed by atoms with Crippen molar-refractivity contribution in [2.24, 2.45) is 0 Å². The quantitative estimate of drug-likeness (QED) is 0.261. The first-order valence-electron chi connectivity index (χ1n) is 10.1. The molecule has 0 saturated heterocycles. The van der Waals surface area contributed by atoms with Crippen LogP contribution in [0.5, 0.6) is 11.5 Å².